The van der Waals surface area contributed by atoms with E-state index in [0.29, 0.717) is 6.61 Å². The average molecular weight is 416 g/mol. The molecular formula is C25H34FNO3. The Kier molecular flexibility index (Phi) is 8.71. The Labute approximate surface area is 179 Å². The first-order chi connectivity index (χ1) is 14.1. The molecule has 2 N–H and O–H groups in total. The maximum absolute atomic E-state index is 13.6. The summed E-state index contributed by atoms with van der Waals surface area (Å²) in [5, 5.41) is 19.9. The van der Waals surface area contributed by atoms with Crippen LogP contribution in [-0.2, 0) is 11.3 Å². The SMILES string of the molecule is COCc1c(C(C)C)nc(C(C)C)c(/C=C/[C@@H](O)C[C@H](C)O)c1-c1ccc(F)cc1. The molecule has 2 aromatic rings. The van der Waals surface area contributed by atoms with Crippen LogP contribution in [0.15, 0.2) is 30.3 Å². The summed E-state index contributed by atoms with van der Waals surface area (Å²) in [5.41, 5.74) is 5.55. The van der Waals surface area contributed by atoms with Gasteiger partial charge in [-0.3, -0.25) is 4.98 Å². The van der Waals surface area contributed by atoms with Crippen LogP contribution in [-0.4, -0.2) is 34.5 Å². The summed E-state index contributed by atoms with van der Waals surface area (Å²) in [5.74, 6) is 0.0382. The Morgan fingerprint density at radius 3 is 2.10 bits per heavy atom. The molecule has 5 heteroatoms. The lowest BCUT2D eigenvalue weighted by atomic mass is 9.87. The molecular weight excluding hydrogens is 381 g/mol. The van der Waals surface area contributed by atoms with Crippen molar-refractivity contribution in [3.8, 4) is 11.1 Å². The molecule has 1 aromatic heterocycles. The van der Waals surface area contributed by atoms with Crippen LogP contribution in [0.1, 0.15) is 75.4 Å². The van der Waals surface area contributed by atoms with Gasteiger partial charge in [0.25, 0.3) is 0 Å². The lowest BCUT2D eigenvalue weighted by molar-refractivity contribution is 0.117. The van der Waals surface area contributed by atoms with Gasteiger partial charge in [-0.25, -0.2) is 4.39 Å². The van der Waals surface area contributed by atoms with Crippen molar-refractivity contribution in [2.24, 2.45) is 0 Å². The van der Waals surface area contributed by atoms with Crippen molar-refractivity contribution < 1.29 is 19.3 Å². The summed E-state index contributed by atoms with van der Waals surface area (Å²) in [6.07, 6.45) is 2.44. The highest BCUT2D eigenvalue weighted by atomic mass is 19.1. The molecule has 0 radical (unpaired) electrons. The number of aliphatic hydroxyl groups excluding tert-OH is 2. The van der Waals surface area contributed by atoms with E-state index in [1.165, 1.54) is 12.1 Å². The molecule has 1 aromatic carbocycles. The number of pyridine rings is 1. The molecule has 0 saturated heterocycles. The molecule has 164 valence electrons. The summed E-state index contributed by atoms with van der Waals surface area (Å²) in [7, 11) is 1.65. The number of aliphatic hydroxyl groups is 2. The molecule has 0 amide bonds. The lowest BCUT2D eigenvalue weighted by Crippen LogP contribution is -2.13. The minimum atomic E-state index is -0.776. The van der Waals surface area contributed by atoms with Crippen molar-refractivity contribution in [3.05, 3.63) is 58.7 Å². The summed E-state index contributed by atoms with van der Waals surface area (Å²) in [6, 6.07) is 6.43. The molecule has 0 unspecified atom stereocenters. The predicted octanol–water partition coefficient (Wildman–Crippen LogP) is 5.43. The Hall–Kier alpha value is -2.08. The molecule has 0 saturated carbocycles. The van der Waals surface area contributed by atoms with E-state index in [1.807, 2.05) is 6.08 Å². The number of hydrogen-bond acceptors (Lipinski definition) is 4. The number of nitrogens with zero attached hydrogens (tertiary/aromatic N) is 1. The molecule has 1 heterocycles. The Morgan fingerprint density at radius 1 is 1.00 bits per heavy atom. The Morgan fingerprint density at radius 2 is 1.60 bits per heavy atom. The van der Waals surface area contributed by atoms with Crippen LogP contribution in [0.2, 0.25) is 0 Å². The van der Waals surface area contributed by atoms with Crippen molar-refractivity contribution in [2.75, 3.05) is 7.11 Å². The second kappa shape index (κ2) is 10.8. The van der Waals surface area contributed by atoms with Crippen LogP contribution in [0.25, 0.3) is 17.2 Å². The highest BCUT2D eigenvalue weighted by Gasteiger charge is 2.23. The first kappa shape index (κ1) is 24.2. The van der Waals surface area contributed by atoms with Gasteiger partial charge in [-0.15, -0.1) is 0 Å². The quantitative estimate of drug-likeness (QED) is 0.574. The maximum atomic E-state index is 13.6. The number of hydrogen-bond donors (Lipinski definition) is 2. The van der Waals surface area contributed by atoms with Gasteiger partial charge in [0.2, 0.25) is 0 Å². The van der Waals surface area contributed by atoms with Gasteiger partial charge < -0.3 is 14.9 Å². The Bertz CT molecular complexity index is 858. The highest BCUT2D eigenvalue weighted by molar-refractivity contribution is 5.80. The van der Waals surface area contributed by atoms with Gasteiger partial charge in [0.1, 0.15) is 5.82 Å². The third kappa shape index (κ3) is 5.97. The maximum Gasteiger partial charge on any atom is 0.123 e. The fourth-order valence-electron chi connectivity index (χ4n) is 3.63. The number of halogens is 1. The molecule has 0 fully saturated rings. The van der Waals surface area contributed by atoms with Crippen LogP contribution in [0.3, 0.4) is 0 Å². The van der Waals surface area contributed by atoms with Gasteiger partial charge >= 0.3 is 0 Å². The number of rotatable bonds is 9. The molecule has 0 spiro atoms. The highest BCUT2D eigenvalue weighted by Crippen LogP contribution is 2.37. The van der Waals surface area contributed by atoms with Gasteiger partial charge in [0.15, 0.2) is 0 Å². The zero-order valence-electron chi connectivity index (χ0n) is 18.8. The molecule has 0 aliphatic heterocycles. The van der Waals surface area contributed by atoms with Gasteiger partial charge in [0, 0.05) is 30.4 Å². The van der Waals surface area contributed by atoms with Crippen LogP contribution in [0, 0.1) is 5.82 Å². The molecule has 30 heavy (non-hydrogen) atoms. The number of methoxy groups -OCH3 is 1. The predicted molar refractivity (Wildman–Crippen MR) is 120 cm³/mol. The van der Waals surface area contributed by atoms with Crippen LogP contribution >= 0.6 is 0 Å². The number of ether oxygens (including phenoxy) is 1. The smallest absolute Gasteiger partial charge is 0.123 e. The fraction of sp³-hybridized carbons (Fsp3) is 0.480. The summed E-state index contributed by atoms with van der Waals surface area (Å²) in [6.45, 7) is 10.4. The van der Waals surface area contributed by atoms with Crippen molar-refractivity contribution in [3.63, 3.8) is 0 Å². The van der Waals surface area contributed by atoms with E-state index >= 15 is 0 Å². The first-order valence-electron chi connectivity index (χ1n) is 10.5. The van der Waals surface area contributed by atoms with Gasteiger partial charge in [-0.2, -0.15) is 0 Å². The number of aromatic nitrogens is 1. The van der Waals surface area contributed by atoms with Crippen LogP contribution in [0.4, 0.5) is 4.39 Å². The fourth-order valence-corrected chi connectivity index (χ4v) is 3.63. The van der Waals surface area contributed by atoms with E-state index in [0.717, 1.165) is 33.6 Å². The van der Waals surface area contributed by atoms with Gasteiger partial charge in [0.05, 0.1) is 24.5 Å². The molecule has 2 atom stereocenters. The second-order valence-corrected chi connectivity index (χ2v) is 8.41. The van der Waals surface area contributed by atoms with Crippen molar-refractivity contribution in [1.82, 2.24) is 4.98 Å². The zero-order valence-corrected chi connectivity index (χ0v) is 18.8. The van der Waals surface area contributed by atoms with Crippen molar-refractivity contribution in [2.45, 2.75) is 71.7 Å². The van der Waals surface area contributed by atoms with E-state index in [9.17, 15) is 14.6 Å². The summed E-state index contributed by atoms with van der Waals surface area (Å²) < 4.78 is 19.2. The molecule has 2 rings (SSSR count). The lowest BCUT2D eigenvalue weighted by Gasteiger charge is -2.23. The van der Waals surface area contributed by atoms with Crippen LogP contribution < -0.4 is 0 Å². The second-order valence-electron chi connectivity index (χ2n) is 8.41. The Balaban J connectivity index is 2.82. The van der Waals surface area contributed by atoms with Crippen molar-refractivity contribution >= 4 is 6.08 Å². The van der Waals surface area contributed by atoms with E-state index in [-0.39, 0.29) is 24.1 Å². The van der Waals surface area contributed by atoms with Gasteiger partial charge in [-0.05, 0) is 42.0 Å². The molecule has 4 nitrogen and oxygen atoms in total. The largest absolute Gasteiger partial charge is 0.393 e. The third-order valence-corrected chi connectivity index (χ3v) is 4.98. The molecule has 0 bridgehead atoms. The van der Waals surface area contributed by atoms with Gasteiger partial charge in [-0.1, -0.05) is 52.0 Å². The third-order valence-electron chi connectivity index (χ3n) is 4.98. The first-order valence-corrected chi connectivity index (χ1v) is 10.5. The van der Waals surface area contributed by atoms with Crippen LogP contribution in [0.5, 0.6) is 0 Å². The van der Waals surface area contributed by atoms with E-state index < -0.39 is 12.2 Å². The summed E-state index contributed by atoms with van der Waals surface area (Å²) in [4.78, 5) is 5.00. The van der Waals surface area contributed by atoms with E-state index in [4.69, 9.17) is 9.72 Å². The number of benzene rings is 1. The van der Waals surface area contributed by atoms with E-state index in [2.05, 4.69) is 27.7 Å². The standard InChI is InChI=1S/C25H34FNO3/c1-15(2)24-21(12-11-20(29)13-17(5)28)23(18-7-9-19(26)10-8-18)22(14-30-6)25(27-24)16(3)4/h7-12,15-17,20,28-29H,13-14H2,1-6H3/b12-11+/t17-,20+/m0/s1. The monoisotopic (exact) mass is 415 g/mol. The molecule has 0 aliphatic carbocycles. The average Bonchev–Trinajstić information content (AvgIpc) is 2.66. The minimum absolute atomic E-state index is 0.145. The summed E-state index contributed by atoms with van der Waals surface area (Å²) >= 11 is 0. The minimum Gasteiger partial charge on any atom is -0.393 e. The molecule has 0 aliphatic rings. The zero-order chi connectivity index (χ0) is 22.4. The van der Waals surface area contributed by atoms with Crippen molar-refractivity contribution in [1.29, 1.82) is 0 Å². The van der Waals surface area contributed by atoms with E-state index in [1.54, 1.807) is 32.2 Å². The normalized spacial score (nSPS) is 14.1. The topological polar surface area (TPSA) is 62.6 Å².